The summed E-state index contributed by atoms with van der Waals surface area (Å²) in [6.45, 7) is 6.92. The average molecular weight is 265 g/mol. The maximum absolute atomic E-state index is 13.7. The number of benzene rings is 1. The van der Waals surface area contributed by atoms with Gasteiger partial charge in [0.05, 0.1) is 5.60 Å². The molecule has 1 heterocycles. The van der Waals surface area contributed by atoms with E-state index in [-0.39, 0.29) is 5.82 Å². The van der Waals surface area contributed by atoms with E-state index in [2.05, 4.69) is 11.8 Å². The number of aryl methyl sites for hydroxylation is 1. The normalized spacial score (nSPS) is 25.3. The van der Waals surface area contributed by atoms with Gasteiger partial charge in [0.25, 0.3) is 0 Å². The minimum absolute atomic E-state index is 0.222. The van der Waals surface area contributed by atoms with E-state index >= 15 is 0 Å². The van der Waals surface area contributed by atoms with Crippen LogP contribution >= 0.6 is 0 Å². The minimum atomic E-state index is -0.864. The number of rotatable bonds is 3. The van der Waals surface area contributed by atoms with Crippen LogP contribution in [-0.2, 0) is 5.60 Å². The summed E-state index contributed by atoms with van der Waals surface area (Å²) in [6.07, 6.45) is 3.51. The molecule has 1 unspecified atom stereocenters. The van der Waals surface area contributed by atoms with Crippen molar-refractivity contribution >= 4 is 0 Å². The fourth-order valence-corrected chi connectivity index (χ4v) is 2.89. The lowest BCUT2D eigenvalue weighted by molar-refractivity contribution is 0.0209. The molecule has 1 fully saturated rings. The van der Waals surface area contributed by atoms with Crippen LogP contribution in [-0.4, -0.2) is 29.6 Å². The second-order valence-electron chi connectivity index (χ2n) is 5.69. The van der Waals surface area contributed by atoms with Crippen molar-refractivity contribution in [3.63, 3.8) is 0 Å². The summed E-state index contributed by atoms with van der Waals surface area (Å²) in [5.41, 5.74) is 0.499. The molecule has 0 amide bonds. The Morgan fingerprint density at radius 1 is 1.32 bits per heavy atom. The molecule has 0 saturated carbocycles. The molecule has 2 nitrogen and oxygen atoms in total. The van der Waals surface area contributed by atoms with Gasteiger partial charge in [-0.1, -0.05) is 19.1 Å². The number of nitrogens with zero attached hydrogens (tertiary/aromatic N) is 1. The summed E-state index contributed by atoms with van der Waals surface area (Å²) in [5.74, 6) is -0.222. The van der Waals surface area contributed by atoms with Gasteiger partial charge in [0.2, 0.25) is 0 Å². The molecule has 106 valence electrons. The van der Waals surface area contributed by atoms with Gasteiger partial charge in [-0.3, -0.25) is 0 Å². The molecule has 1 saturated heterocycles. The maximum Gasteiger partial charge on any atom is 0.126 e. The van der Waals surface area contributed by atoms with Crippen molar-refractivity contribution in [2.75, 3.05) is 19.6 Å². The topological polar surface area (TPSA) is 23.5 Å². The van der Waals surface area contributed by atoms with Crippen LogP contribution in [0.1, 0.15) is 43.7 Å². The SMILES string of the molecule is CCCN1CCCC(O)(c2ccc(C)c(F)c2)CC1. The van der Waals surface area contributed by atoms with E-state index in [4.69, 9.17) is 0 Å². The molecule has 3 heteroatoms. The fourth-order valence-electron chi connectivity index (χ4n) is 2.89. The van der Waals surface area contributed by atoms with Crippen molar-refractivity contribution in [1.82, 2.24) is 4.90 Å². The first-order chi connectivity index (χ1) is 9.05. The van der Waals surface area contributed by atoms with Crippen LogP contribution < -0.4 is 0 Å². The van der Waals surface area contributed by atoms with Gasteiger partial charge in [-0.25, -0.2) is 4.39 Å². The lowest BCUT2D eigenvalue weighted by Gasteiger charge is -2.27. The third-order valence-corrected chi connectivity index (χ3v) is 4.16. The molecule has 2 rings (SSSR count). The molecular weight excluding hydrogens is 241 g/mol. The average Bonchev–Trinajstić information content (AvgIpc) is 2.57. The molecule has 0 spiro atoms. The first-order valence-corrected chi connectivity index (χ1v) is 7.26. The zero-order valence-electron chi connectivity index (χ0n) is 12.0. The molecule has 0 radical (unpaired) electrons. The van der Waals surface area contributed by atoms with E-state index in [0.29, 0.717) is 12.0 Å². The Balaban J connectivity index is 2.15. The Morgan fingerprint density at radius 3 is 2.79 bits per heavy atom. The van der Waals surface area contributed by atoms with Gasteiger partial charge in [-0.05, 0) is 62.9 Å². The maximum atomic E-state index is 13.7. The number of halogens is 1. The summed E-state index contributed by atoms with van der Waals surface area (Å²) in [7, 11) is 0. The smallest absolute Gasteiger partial charge is 0.126 e. The quantitative estimate of drug-likeness (QED) is 0.907. The number of hydrogen-bond donors (Lipinski definition) is 1. The van der Waals surface area contributed by atoms with Crippen LogP contribution in [0.25, 0.3) is 0 Å². The van der Waals surface area contributed by atoms with Crippen molar-refractivity contribution in [3.8, 4) is 0 Å². The monoisotopic (exact) mass is 265 g/mol. The lowest BCUT2D eigenvalue weighted by atomic mass is 9.86. The summed E-state index contributed by atoms with van der Waals surface area (Å²) in [6, 6.07) is 5.13. The second-order valence-corrected chi connectivity index (χ2v) is 5.69. The van der Waals surface area contributed by atoms with Gasteiger partial charge in [0.15, 0.2) is 0 Å². The van der Waals surface area contributed by atoms with Crippen molar-refractivity contribution < 1.29 is 9.50 Å². The molecule has 19 heavy (non-hydrogen) atoms. The van der Waals surface area contributed by atoms with Gasteiger partial charge in [0.1, 0.15) is 5.82 Å². The first kappa shape index (κ1) is 14.5. The van der Waals surface area contributed by atoms with Gasteiger partial charge < -0.3 is 10.0 Å². The molecule has 1 aromatic rings. The Bertz CT molecular complexity index is 435. The van der Waals surface area contributed by atoms with E-state index in [1.807, 2.05) is 6.07 Å². The Hall–Kier alpha value is -0.930. The van der Waals surface area contributed by atoms with Crippen molar-refractivity contribution in [3.05, 3.63) is 35.1 Å². The Labute approximate surface area is 115 Å². The van der Waals surface area contributed by atoms with Crippen molar-refractivity contribution in [2.24, 2.45) is 0 Å². The first-order valence-electron chi connectivity index (χ1n) is 7.26. The number of aliphatic hydroxyl groups is 1. The summed E-state index contributed by atoms with van der Waals surface area (Å²) in [5, 5.41) is 10.8. The highest BCUT2D eigenvalue weighted by atomic mass is 19.1. The minimum Gasteiger partial charge on any atom is -0.385 e. The summed E-state index contributed by atoms with van der Waals surface area (Å²) < 4.78 is 13.7. The third kappa shape index (κ3) is 3.34. The van der Waals surface area contributed by atoms with Crippen molar-refractivity contribution in [2.45, 2.75) is 45.1 Å². The molecule has 1 atom stereocenters. The van der Waals surface area contributed by atoms with E-state index in [0.717, 1.165) is 44.5 Å². The molecule has 0 bridgehead atoms. The van der Waals surface area contributed by atoms with Crippen molar-refractivity contribution in [1.29, 1.82) is 0 Å². The highest BCUT2D eigenvalue weighted by Crippen LogP contribution is 2.33. The van der Waals surface area contributed by atoms with Gasteiger partial charge in [-0.15, -0.1) is 0 Å². The largest absolute Gasteiger partial charge is 0.385 e. The van der Waals surface area contributed by atoms with E-state index in [1.165, 1.54) is 6.07 Å². The molecule has 0 aliphatic carbocycles. The zero-order chi connectivity index (χ0) is 13.9. The van der Waals surface area contributed by atoms with Crippen LogP contribution in [0, 0.1) is 12.7 Å². The Morgan fingerprint density at radius 2 is 2.11 bits per heavy atom. The molecule has 1 aliphatic rings. The van der Waals surface area contributed by atoms with Gasteiger partial charge in [0, 0.05) is 6.54 Å². The zero-order valence-corrected chi connectivity index (χ0v) is 12.0. The van der Waals surface area contributed by atoms with Gasteiger partial charge in [-0.2, -0.15) is 0 Å². The van der Waals surface area contributed by atoms with Crippen LogP contribution in [0.2, 0.25) is 0 Å². The lowest BCUT2D eigenvalue weighted by Crippen LogP contribution is -2.29. The summed E-state index contributed by atoms with van der Waals surface area (Å²) in [4.78, 5) is 2.39. The van der Waals surface area contributed by atoms with Gasteiger partial charge >= 0.3 is 0 Å². The van der Waals surface area contributed by atoms with Crippen LogP contribution in [0.4, 0.5) is 4.39 Å². The third-order valence-electron chi connectivity index (χ3n) is 4.16. The molecule has 1 aromatic carbocycles. The van der Waals surface area contributed by atoms with Crippen LogP contribution in [0.3, 0.4) is 0 Å². The highest BCUT2D eigenvalue weighted by Gasteiger charge is 2.32. The predicted octanol–water partition coefficient (Wildman–Crippen LogP) is 3.22. The van der Waals surface area contributed by atoms with Crippen LogP contribution in [0.15, 0.2) is 18.2 Å². The van der Waals surface area contributed by atoms with E-state index in [9.17, 15) is 9.50 Å². The molecule has 1 aliphatic heterocycles. The molecule has 0 aromatic heterocycles. The molecule has 1 N–H and O–H groups in total. The predicted molar refractivity (Wildman–Crippen MR) is 75.6 cm³/mol. The van der Waals surface area contributed by atoms with E-state index in [1.54, 1.807) is 13.0 Å². The number of likely N-dealkylation sites (tertiary alicyclic amines) is 1. The standard InChI is InChI=1S/C16H24FNO/c1-3-9-18-10-4-7-16(19,8-11-18)14-6-5-13(2)15(17)12-14/h5-6,12,19H,3-4,7-11H2,1-2H3. The Kier molecular flexibility index (Phi) is 4.58. The summed E-state index contributed by atoms with van der Waals surface area (Å²) >= 11 is 0. The highest BCUT2D eigenvalue weighted by molar-refractivity contribution is 5.28. The molecular formula is C16H24FNO. The fraction of sp³-hybridized carbons (Fsp3) is 0.625. The van der Waals surface area contributed by atoms with Crippen LogP contribution in [0.5, 0.6) is 0 Å². The van der Waals surface area contributed by atoms with E-state index < -0.39 is 5.60 Å². The second kappa shape index (κ2) is 6.02. The number of hydrogen-bond acceptors (Lipinski definition) is 2.